The molecular formula is C16H22N2O2. The summed E-state index contributed by atoms with van der Waals surface area (Å²) in [6.07, 6.45) is 3.09. The first-order valence-electron chi connectivity index (χ1n) is 7.43. The Bertz CT molecular complexity index is 501. The lowest BCUT2D eigenvalue weighted by Gasteiger charge is -2.34. The minimum atomic E-state index is -0.0724. The highest BCUT2D eigenvalue weighted by molar-refractivity contribution is 5.73. The van der Waals surface area contributed by atoms with Crippen LogP contribution in [0.1, 0.15) is 24.0 Å². The van der Waals surface area contributed by atoms with Gasteiger partial charge in [0.25, 0.3) is 0 Å². The van der Waals surface area contributed by atoms with Crippen LogP contribution in [0.3, 0.4) is 0 Å². The predicted octanol–water partition coefficient (Wildman–Crippen LogP) is 1.72. The largest absolute Gasteiger partial charge is 0.469 e. The molecule has 0 radical (unpaired) electrons. The second-order valence-corrected chi connectivity index (χ2v) is 5.69. The van der Waals surface area contributed by atoms with Crippen molar-refractivity contribution in [1.29, 1.82) is 0 Å². The third-order valence-electron chi connectivity index (χ3n) is 4.40. The Balaban J connectivity index is 1.76. The molecular weight excluding hydrogens is 252 g/mol. The van der Waals surface area contributed by atoms with Crippen molar-refractivity contribution < 1.29 is 9.53 Å². The molecule has 1 aromatic rings. The van der Waals surface area contributed by atoms with Gasteiger partial charge in [0.1, 0.15) is 0 Å². The maximum Gasteiger partial charge on any atom is 0.310 e. The number of carbonyl (C=O) groups excluding carboxylic acids is 1. The van der Waals surface area contributed by atoms with Crippen LogP contribution >= 0.6 is 0 Å². The molecule has 1 saturated heterocycles. The van der Waals surface area contributed by atoms with Crippen molar-refractivity contribution >= 4 is 11.7 Å². The maximum atomic E-state index is 11.7. The van der Waals surface area contributed by atoms with Gasteiger partial charge < -0.3 is 15.0 Å². The molecule has 20 heavy (non-hydrogen) atoms. The lowest BCUT2D eigenvalue weighted by atomic mass is 9.96. The van der Waals surface area contributed by atoms with Gasteiger partial charge in [-0.25, -0.2) is 0 Å². The molecule has 1 aromatic carbocycles. The van der Waals surface area contributed by atoms with Crippen LogP contribution in [0.15, 0.2) is 18.2 Å². The van der Waals surface area contributed by atoms with Crippen molar-refractivity contribution in [2.45, 2.75) is 25.8 Å². The van der Waals surface area contributed by atoms with Crippen molar-refractivity contribution in [1.82, 2.24) is 5.32 Å². The minimum absolute atomic E-state index is 0.0199. The van der Waals surface area contributed by atoms with E-state index in [1.54, 1.807) is 0 Å². The van der Waals surface area contributed by atoms with Gasteiger partial charge in [-0.05, 0) is 49.1 Å². The number of rotatable bonds is 2. The molecule has 4 nitrogen and oxygen atoms in total. The van der Waals surface area contributed by atoms with Crippen molar-refractivity contribution in [2.75, 3.05) is 31.6 Å². The van der Waals surface area contributed by atoms with Crippen LogP contribution in [-0.4, -0.2) is 32.7 Å². The Hall–Kier alpha value is -1.55. The lowest BCUT2D eigenvalue weighted by molar-refractivity contribution is -0.145. The summed E-state index contributed by atoms with van der Waals surface area (Å²) in [6.45, 7) is 3.84. The molecule has 4 heteroatoms. The van der Waals surface area contributed by atoms with Gasteiger partial charge in [-0.2, -0.15) is 0 Å². The first-order chi connectivity index (χ1) is 9.78. The molecule has 2 aliphatic rings. The van der Waals surface area contributed by atoms with Crippen LogP contribution in [-0.2, 0) is 22.5 Å². The van der Waals surface area contributed by atoms with Crippen LogP contribution in [0.2, 0.25) is 0 Å². The average Bonchev–Trinajstić information content (AvgIpc) is 2.53. The number of nitrogens with zero attached hydrogens (tertiary/aromatic N) is 1. The van der Waals surface area contributed by atoms with Gasteiger partial charge in [0, 0.05) is 25.3 Å². The number of nitrogens with one attached hydrogen (secondary N) is 1. The Morgan fingerprint density at radius 1 is 1.40 bits per heavy atom. The van der Waals surface area contributed by atoms with Crippen molar-refractivity contribution in [3.05, 3.63) is 29.3 Å². The van der Waals surface area contributed by atoms with Crippen LogP contribution in [0.5, 0.6) is 0 Å². The highest BCUT2D eigenvalue weighted by Crippen LogP contribution is 2.27. The van der Waals surface area contributed by atoms with Gasteiger partial charge in [-0.3, -0.25) is 4.79 Å². The normalized spacial score (nSPS) is 22.2. The first-order valence-corrected chi connectivity index (χ1v) is 7.43. The molecule has 0 aliphatic carbocycles. The topological polar surface area (TPSA) is 41.6 Å². The first kappa shape index (κ1) is 13.4. The minimum Gasteiger partial charge on any atom is -0.469 e. The zero-order valence-electron chi connectivity index (χ0n) is 12.0. The molecule has 1 fully saturated rings. The van der Waals surface area contributed by atoms with E-state index in [-0.39, 0.29) is 11.9 Å². The van der Waals surface area contributed by atoms with E-state index in [1.165, 1.54) is 23.9 Å². The molecule has 1 N–H and O–H groups in total. The SMILES string of the molecule is COC(=O)C1CCCN(c2ccc3c(c2)CCNC3)C1. The molecule has 3 rings (SSSR count). The smallest absolute Gasteiger partial charge is 0.310 e. The fraction of sp³-hybridized carbons (Fsp3) is 0.562. The van der Waals surface area contributed by atoms with Crippen LogP contribution in [0.25, 0.3) is 0 Å². The molecule has 0 spiro atoms. The number of fused-ring (bicyclic) bond motifs is 1. The van der Waals surface area contributed by atoms with Gasteiger partial charge in [-0.1, -0.05) is 6.07 Å². The number of ether oxygens (including phenoxy) is 1. The van der Waals surface area contributed by atoms with E-state index in [9.17, 15) is 4.79 Å². The van der Waals surface area contributed by atoms with Crippen LogP contribution in [0.4, 0.5) is 5.69 Å². The zero-order chi connectivity index (χ0) is 13.9. The number of hydrogen-bond acceptors (Lipinski definition) is 4. The number of carbonyl (C=O) groups is 1. The monoisotopic (exact) mass is 274 g/mol. The van der Waals surface area contributed by atoms with Gasteiger partial charge >= 0.3 is 5.97 Å². The van der Waals surface area contributed by atoms with E-state index in [0.29, 0.717) is 0 Å². The van der Waals surface area contributed by atoms with Gasteiger partial charge in [0.05, 0.1) is 13.0 Å². The average molecular weight is 274 g/mol. The van der Waals surface area contributed by atoms with Gasteiger partial charge in [-0.15, -0.1) is 0 Å². The molecule has 0 bridgehead atoms. The lowest BCUT2D eigenvalue weighted by Crippen LogP contribution is -2.39. The van der Waals surface area contributed by atoms with E-state index in [2.05, 4.69) is 28.4 Å². The fourth-order valence-electron chi connectivity index (χ4n) is 3.23. The number of piperidine rings is 1. The van der Waals surface area contributed by atoms with E-state index < -0.39 is 0 Å². The summed E-state index contributed by atoms with van der Waals surface area (Å²) in [5.74, 6) is -0.0525. The van der Waals surface area contributed by atoms with E-state index >= 15 is 0 Å². The zero-order valence-corrected chi connectivity index (χ0v) is 12.0. The van der Waals surface area contributed by atoms with Gasteiger partial charge in [0.2, 0.25) is 0 Å². The molecule has 2 aliphatic heterocycles. The summed E-state index contributed by atoms with van der Waals surface area (Å²) in [4.78, 5) is 14.0. The quantitative estimate of drug-likeness (QED) is 0.834. The second-order valence-electron chi connectivity index (χ2n) is 5.69. The number of methoxy groups -OCH3 is 1. The maximum absolute atomic E-state index is 11.7. The van der Waals surface area contributed by atoms with Crippen molar-refractivity contribution in [3.63, 3.8) is 0 Å². The van der Waals surface area contributed by atoms with Crippen LogP contribution < -0.4 is 10.2 Å². The Morgan fingerprint density at radius 2 is 2.30 bits per heavy atom. The number of esters is 1. The van der Waals surface area contributed by atoms with E-state index in [0.717, 1.165) is 45.4 Å². The van der Waals surface area contributed by atoms with Crippen molar-refractivity contribution in [3.8, 4) is 0 Å². The molecule has 0 aromatic heterocycles. The van der Waals surface area contributed by atoms with Crippen LogP contribution in [0, 0.1) is 5.92 Å². The molecule has 0 saturated carbocycles. The Labute approximate surface area is 120 Å². The summed E-state index contributed by atoms with van der Waals surface area (Å²) in [5.41, 5.74) is 4.10. The second kappa shape index (κ2) is 5.83. The number of benzene rings is 1. The summed E-state index contributed by atoms with van der Waals surface area (Å²) in [6, 6.07) is 6.71. The molecule has 1 unspecified atom stereocenters. The highest BCUT2D eigenvalue weighted by Gasteiger charge is 2.26. The number of hydrogen-bond donors (Lipinski definition) is 1. The molecule has 2 heterocycles. The molecule has 0 amide bonds. The fourth-order valence-corrected chi connectivity index (χ4v) is 3.23. The molecule has 1 atom stereocenters. The Morgan fingerprint density at radius 3 is 3.15 bits per heavy atom. The third kappa shape index (κ3) is 2.66. The summed E-state index contributed by atoms with van der Waals surface area (Å²) in [7, 11) is 1.48. The highest BCUT2D eigenvalue weighted by atomic mass is 16.5. The predicted molar refractivity (Wildman–Crippen MR) is 78.8 cm³/mol. The standard InChI is InChI=1S/C16H22N2O2/c1-20-16(19)14-3-2-8-18(11-14)15-5-4-13-10-17-7-6-12(13)9-15/h4-5,9,14,17H,2-3,6-8,10-11H2,1H3. The van der Waals surface area contributed by atoms with Gasteiger partial charge in [0.15, 0.2) is 0 Å². The third-order valence-corrected chi connectivity index (χ3v) is 4.40. The summed E-state index contributed by atoms with van der Waals surface area (Å²) >= 11 is 0. The van der Waals surface area contributed by atoms with E-state index in [1.807, 2.05) is 0 Å². The van der Waals surface area contributed by atoms with Crippen molar-refractivity contribution in [2.24, 2.45) is 5.92 Å². The summed E-state index contributed by atoms with van der Waals surface area (Å²) < 4.78 is 4.89. The molecule has 108 valence electrons. The van der Waals surface area contributed by atoms with E-state index in [4.69, 9.17) is 4.74 Å². The number of anilines is 1. The Kier molecular flexibility index (Phi) is 3.92. The summed E-state index contributed by atoms with van der Waals surface area (Å²) in [5, 5.41) is 3.39.